The van der Waals surface area contributed by atoms with E-state index in [1.54, 1.807) is 0 Å². The fraction of sp³-hybridized carbons (Fsp3) is 0.750. The summed E-state index contributed by atoms with van der Waals surface area (Å²) in [5.41, 5.74) is 0. The van der Waals surface area contributed by atoms with Crippen LogP contribution in [0.5, 0.6) is 0 Å². The molecule has 0 aromatic rings. The third-order valence-corrected chi connectivity index (χ3v) is 3.19. The van der Waals surface area contributed by atoms with E-state index in [4.69, 9.17) is 6.42 Å². The summed E-state index contributed by atoms with van der Waals surface area (Å²) in [6, 6.07) is 0.459. The lowest BCUT2D eigenvalue weighted by Gasteiger charge is -2.40. The number of rotatable bonds is 2. The fourth-order valence-electron chi connectivity index (χ4n) is 2.15. The molecule has 3 nitrogen and oxygen atoms in total. The molecule has 15 heavy (non-hydrogen) atoms. The number of carbonyl (C=O) groups excluding carboxylic acids is 1. The summed E-state index contributed by atoms with van der Waals surface area (Å²) in [4.78, 5) is 15.7. The van der Waals surface area contributed by atoms with Crippen molar-refractivity contribution in [3.8, 4) is 12.3 Å². The summed E-state index contributed by atoms with van der Waals surface area (Å²) in [5, 5.41) is 0. The summed E-state index contributed by atoms with van der Waals surface area (Å²) in [5.74, 6) is 3.16. The Bertz CT molecular complexity index is 267. The minimum atomic E-state index is 0.0938. The monoisotopic (exact) mass is 208 g/mol. The van der Waals surface area contributed by atoms with Crippen LogP contribution in [0, 0.1) is 18.3 Å². The summed E-state index contributed by atoms with van der Waals surface area (Å²) < 4.78 is 0. The Balaban J connectivity index is 2.58. The molecule has 0 aromatic heterocycles. The van der Waals surface area contributed by atoms with Crippen molar-refractivity contribution in [2.24, 2.45) is 5.92 Å². The SMILES string of the molecule is C#CCC(=O)N1CC[C@@H](C)[C@@H](N(C)C)C1. The molecule has 1 rings (SSSR count). The third-order valence-electron chi connectivity index (χ3n) is 3.19. The number of likely N-dealkylation sites (N-methyl/N-ethyl adjacent to an activating group) is 1. The first-order valence-corrected chi connectivity index (χ1v) is 5.44. The van der Waals surface area contributed by atoms with Crippen LogP contribution in [-0.4, -0.2) is 48.9 Å². The Morgan fingerprint density at radius 1 is 1.60 bits per heavy atom. The molecule has 1 heterocycles. The molecule has 2 atom stereocenters. The maximum Gasteiger partial charge on any atom is 0.234 e. The number of piperidine rings is 1. The van der Waals surface area contributed by atoms with E-state index in [2.05, 4.69) is 31.8 Å². The number of terminal acetylenes is 1. The van der Waals surface area contributed by atoms with Crippen molar-refractivity contribution >= 4 is 5.91 Å². The van der Waals surface area contributed by atoms with E-state index in [9.17, 15) is 4.79 Å². The molecule has 0 aliphatic carbocycles. The lowest BCUT2D eigenvalue weighted by molar-refractivity contribution is -0.132. The highest BCUT2D eigenvalue weighted by atomic mass is 16.2. The van der Waals surface area contributed by atoms with Gasteiger partial charge in [0.15, 0.2) is 0 Å². The molecule has 0 bridgehead atoms. The van der Waals surface area contributed by atoms with Gasteiger partial charge < -0.3 is 9.80 Å². The van der Waals surface area contributed by atoms with Gasteiger partial charge in [-0.05, 0) is 26.4 Å². The quantitative estimate of drug-likeness (QED) is 0.627. The van der Waals surface area contributed by atoms with E-state index in [0.29, 0.717) is 12.0 Å². The fourth-order valence-corrected chi connectivity index (χ4v) is 2.15. The van der Waals surface area contributed by atoms with Crippen LogP contribution in [0.3, 0.4) is 0 Å². The number of carbonyl (C=O) groups is 1. The maximum atomic E-state index is 11.6. The van der Waals surface area contributed by atoms with Gasteiger partial charge in [-0.2, -0.15) is 0 Å². The highest BCUT2D eigenvalue weighted by Gasteiger charge is 2.29. The molecule has 0 N–H and O–H groups in total. The van der Waals surface area contributed by atoms with E-state index >= 15 is 0 Å². The molecule has 1 fully saturated rings. The second-order valence-corrected chi connectivity index (χ2v) is 4.52. The Labute approximate surface area is 92.4 Å². The van der Waals surface area contributed by atoms with Crippen LogP contribution in [0.4, 0.5) is 0 Å². The second-order valence-electron chi connectivity index (χ2n) is 4.52. The van der Waals surface area contributed by atoms with Gasteiger partial charge >= 0.3 is 0 Å². The zero-order valence-electron chi connectivity index (χ0n) is 9.86. The molecule has 0 saturated carbocycles. The number of nitrogens with zero attached hydrogens (tertiary/aromatic N) is 2. The predicted molar refractivity (Wildman–Crippen MR) is 61.3 cm³/mol. The average Bonchev–Trinajstić information content (AvgIpc) is 2.18. The molecule has 3 heteroatoms. The Hall–Kier alpha value is -1.01. The number of likely N-dealkylation sites (tertiary alicyclic amines) is 1. The Morgan fingerprint density at radius 3 is 2.80 bits per heavy atom. The van der Waals surface area contributed by atoms with E-state index in [1.807, 2.05) is 4.90 Å². The van der Waals surface area contributed by atoms with Gasteiger partial charge in [0.1, 0.15) is 0 Å². The zero-order valence-corrected chi connectivity index (χ0v) is 9.86. The highest BCUT2D eigenvalue weighted by molar-refractivity contribution is 5.78. The lowest BCUT2D eigenvalue weighted by Crippen LogP contribution is -2.51. The molecular formula is C12H20N2O. The largest absolute Gasteiger partial charge is 0.340 e. The number of hydrogen-bond acceptors (Lipinski definition) is 2. The van der Waals surface area contributed by atoms with Crippen LogP contribution in [0.25, 0.3) is 0 Å². The van der Waals surface area contributed by atoms with Crippen LogP contribution >= 0.6 is 0 Å². The predicted octanol–water partition coefficient (Wildman–Crippen LogP) is 0.808. The Kier molecular flexibility index (Phi) is 4.16. The van der Waals surface area contributed by atoms with Crippen molar-refractivity contribution in [2.75, 3.05) is 27.2 Å². The molecule has 0 radical (unpaired) electrons. The van der Waals surface area contributed by atoms with Gasteiger partial charge in [0.2, 0.25) is 5.91 Å². The van der Waals surface area contributed by atoms with Crippen molar-refractivity contribution in [1.29, 1.82) is 0 Å². The van der Waals surface area contributed by atoms with E-state index in [1.165, 1.54) is 0 Å². The van der Waals surface area contributed by atoms with Crippen LogP contribution in [0.15, 0.2) is 0 Å². The van der Waals surface area contributed by atoms with Gasteiger partial charge in [-0.1, -0.05) is 12.8 Å². The first-order valence-electron chi connectivity index (χ1n) is 5.44. The van der Waals surface area contributed by atoms with Crippen LogP contribution in [-0.2, 0) is 4.79 Å². The molecule has 1 aliphatic heterocycles. The summed E-state index contributed by atoms with van der Waals surface area (Å²) in [6.45, 7) is 3.91. The molecule has 1 aliphatic rings. The van der Waals surface area contributed by atoms with Crippen LogP contribution in [0.1, 0.15) is 19.8 Å². The van der Waals surface area contributed by atoms with Crippen molar-refractivity contribution in [3.63, 3.8) is 0 Å². The van der Waals surface area contributed by atoms with Crippen molar-refractivity contribution in [1.82, 2.24) is 9.80 Å². The minimum Gasteiger partial charge on any atom is -0.340 e. The van der Waals surface area contributed by atoms with Gasteiger partial charge in [0.05, 0.1) is 6.42 Å². The Morgan fingerprint density at radius 2 is 2.27 bits per heavy atom. The smallest absolute Gasteiger partial charge is 0.234 e. The second kappa shape index (κ2) is 5.18. The average molecular weight is 208 g/mol. The molecular weight excluding hydrogens is 188 g/mol. The normalized spacial score (nSPS) is 26.5. The molecule has 0 aromatic carbocycles. The summed E-state index contributed by atoms with van der Waals surface area (Å²) in [7, 11) is 4.13. The van der Waals surface area contributed by atoms with E-state index in [0.717, 1.165) is 19.5 Å². The van der Waals surface area contributed by atoms with Crippen molar-refractivity contribution in [3.05, 3.63) is 0 Å². The minimum absolute atomic E-state index is 0.0938. The third kappa shape index (κ3) is 2.97. The van der Waals surface area contributed by atoms with Gasteiger partial charge in [0, 0.05) is 19.1 Å². The number of amides is 1. The summed E-state index contributed by atoms with van der Waals surface area (Å²) >= 11 is 0. The van der Waals surface area contributed by atoms with Crippen molar-refractivity contribution in [2.45, 2.75) is 25.8 Å². The van der Waals surface area contributed by atoms with Gasteiger partial charge in [0.25, 0.3) is 0 Å². The zero-order chi connectivity index (χ0) is 11.4. The van der Waals surface area contributed by atoms with Crippen LogP contribution in [0.2, 0.25) is 0 Å². The molecule has 0 unspecified atom stereocenters. The topological polar surface area (TPSA) is 23.6 Å². The molecule has 1 amide bonds. The first-order chi connectivity index (χ1) is 7.06. The summed E-state index contributed by atoms with van der Waals surface area (Å²) in [6.07, 6.45) is 6.45. The van der Waals surface area contributed by atoms with E-state index in [-0.39, 0.29) is 12.3 Å². The van der Waals surface area contributed by atoms with Crippen LogP contribution < -0.4 is 0 Å². The van der Waals surface area contributed by atoms with Gasteiger partial charge in [-0.3, -0.25) is 4.79 Å². The van der Waals surface area contributed by atoms with E-state index < -0.39 is 0 Å². The molecule has 0 spiro atoms. The molecule has 84 valence electrons. The standard InChI is InChI=1S/C12H20N2O/c1-5-6-12(15)14-8-7-10(2)11(9-14)13(3)4/h1,10-11H,6-9H2,2-4H3/t10-,11+/m1/s1. The van der Waals surface area contributed by atoms with Gasteiger partial charge in [-0.15, -0.1) is 6.42 Å². The maximum absolute atomic E-state index is 11.6. The highest BCUT2D eigenvalue weighted by Crippen LogP contribution is 2.20. The first kappa shape index (κ1) is 12.1. The lowest BCUT2D eigenvalue weighted by atomic mass is 9.92. The van der Waals surface area contributed by atoms with Crippen molar-refractivity contribution < 1.29 is 4.79 Å². The molecule has 1 saturated heterocycles. The number of hydrogen-bond donors (Lipinski definition) is 0. The van der Waals surface area contributed by atoms with Gasteiger partial charge in [-0.25, -0.2) is 0 Å².